The van der Waals surface area contributed by atoms with E-state index in [1.165, 1.54) is 30.4 Å². The van der Waals surface area contributed by atoms with Crippen LogP contribution in [0.2, 0.25) is 0 Å². The molecule has 1 N–H and O–H groups in total. The number of nitrogens with zero attached hydrogens (tertiary/aromatic N) is 1. The molecule has 4 rings (SSSR count). The third-order valence-electron chi connectivity index (χ3n) is 6.30. The molecule has 0 atom stereocenters. The van der Waals surface area contributed by atoms with Crippen LogP contribution in [-0.4, -0.2) is 34.6 Å². The monoisotopic (exact) mass is 313 g/mol. The molecule has 3 nitrogen and oxygen atoms in total. The van der Waals surface area contributed by atoms with Gasteiger partial charge in [-0.3, -0.25) is 4.79 Å². The van der Waals surface area contributed by atoms with Gasteiger partial charge in [0.25, 0.3) is 0 Å². The molecule has 0 radical (unpaired) electrons. The van der Waals surface area contributed by atoms with Crippen molar-refractivity contribution in [3.63, 3.8) is 0 Å². The fourth-order valence-electron chi connectivity index (χ4n) is 5.07. The van der Waals surface area contributed by atoms with Crippen molar-refractivity contribution in [2.75, 3.05) is 13.1 Å². The highest BCUT2D eigenvalue weighted by Gasteiger charge is 2.55. The maximum atomic E-state index is 12.4. The summed E-state index contributed by atoms with van der Waals surface area (Å²) in [5, 5.41) is 9.79. The van der Waals surface area contributed by atoms with Gasteiger partial charge in [0.2, 0.25) is 5.91 Å². The first-order valence-corrected chi connectivity index (χ1v) is 8.92. The van der Waals surface area contributed by atoms with E-state index in [2.05, 4.69) is 31.2 Å². The van der Waals surface area contributed by atoms with Gasteiger partial charge in [-0.05, 0) is 63.0 Å². The van der Waals surface area contributed by atoms with Crippen LogP contribution < -0.4 is 0 Å². The molecule has 1 aromatic carbocycles. The summed E-state index contributed by atoms with van der Waals surface area (Å²) in [5.41, 5.74) is 2.71. The van der Waals surface area contributed by atoms with Crippen LogP contribution in [0.25, 0.3) is 0 Å². The van der Waals surface area contributed by atoms with Gasteiger partial charge in [0.05, 0.1) is 5.60 Å². The summed E-state index contributed by atoms with van der Waals surface area (Å²) in [5.74, 6) is 1.15. The minimum absolute atomic E-state index is 0.0743. The number of hydrogen-bond donors (Lipinski definition) is 1. The fraction of sp³-hybridized carbons (Fsp3) is 0.650. The number of likely N-dealkylation sites (tertiary alicyclic amines) is 1. The minimum Gasteiger partial charge on any atom is -0.390 e. The predicted molar refractivity (Wildman–Crippen MR) is 90.0 cm³/mol. The number of rotatable bonds is 3. The van der Waals surface area contributed by atoms with Crippen molar-refractivity contribution in [2.24, 2.45) is 17.3 Å². The maximum Gasteiger partial charge on any atom is 0.225 e. The summed E-state index contributed by atoms with van der Waals surface area (Å²) in [6.45, 7) is 5.93. The lowest BCUT2D eigenvalue weighted by atomic mass is 9.56. The van der Waals surface area contributed by atoms with Crippen LogP contribution in [0.3, 0.4) is 0 Å². The Kier molecular flexibility index (Phi) is 3.35. The van der Waals surface area contributed by atoms with Crippen LogP contribution in [0, 0.1) is 24.2 Å². The summed E-state index contributed by atoms with van der Waals surface area (Å²) in [7, 11) is 0. The lowest BCUT2D eigenvalue weighted by Gasteiger charge is -2.60. The first kappa shape index (κ1) is 15.2. The van der Waals surface area contributed by atoms with E-state index in [0.29, 0.717) is 18.3 Å². The summed E-state index contributed by atoms with van der Waals surface area (Å²) >= 11 is 0. The number of carbonyl (C=O) groups excluding carboxylic acids is 1. The smallest absolute Gasteiger partial charge is 0.225 e. The molecule has 2 saturated carbocycles. The summed E-state index contributed by atoms with van der Waals surface area (Å²) in [4.78, 5) is 14.4. The number of aliphatic hydroxyl groups is 1. The molecule has 1 amide bonds. The van der Waals surface area contributed by atoms with Gasteiger partial charge in [0.1, 0.15) is 0 Å². The molecule has 3 aliphatic rings. The van der Waals surface area contributed by atoms with E-state index >= 15 is 0 Å². The molecule has 23 heavy (non-hydrogen) atoms. The third kappa shape index (κ3) is 2.69. The Hall–Kier alpha value is -1.35. The first-order valence-electron chi connectivity index (χ1n) is 8.92. The highest BCUT2D eigenvalue weighted by molar-refractivity contribution is 5.81. The van der Waals surface area contributed by atoms with Gasteiger partial charge in [-0.15, -0.1) is 0 Å². The zero-order valence-electron chi connectivity index (χ0n) is 14.2. The SMILES string of the molecule is Cc1ccccc1CC1CC2(C1)CN(C(=O)C1CC(C)(O)C1)C2. The van der Waals surface area contributed by atoms with Gasteiger partial charge in [-0.1, -0.05) is 24.3 Å². The molecule has 3 heteroatoms. The molecule has 2 aliphatic carbocycles. The molecule has 0 bridgehead atoms. The number of benzene rings is 1. The predicted octanol–water partition coefficient (Wildman–Crippen LogP) is 2.94. The average Bonchev–Trinajstić information content (AvgIpc) is 2.38. The molecule has 1 spiro atoms. The van der Waals surface area contributed by atoms with Crippen LogP contribution in [0.15, 0.2) is 24.3 Å². The molecule has 124 valence electrons. The topological polar surface area (TPSA) is 40.5 Å². The van der Waals surface area contributed by atoms with Crippen molar-refractivity contribution in [1.29, 1.82) is 0 Å². The second kappa shape index (κ2) is 5.07. The van der Waals surface area contributed by atoms with Gasteiger partial charge in [0.15, 0.2) is 0 Å². The molecule has 3 fully saturated rings. The molecule has 1 heterocycles. The highest BCUT2D eigenvalue weighted by atomic mass is 16.3. The van der Waals surface area contributed by atoms with Crippen molar-refractivity contribution < 1.29 is 9.90 Å². The van der Waals surface area contributed by atoms with Crippen LogP contribution in [-0.2, 0) is 11.2 Å². The minimum atomic E-state index is -0.599. The molecular formula is C20H27NO2. The van der Waals surface area contributed by atoms with Crippen molar-refractivity contribution in [1.82, 2.24) is 4.90 Å². The molecule has 1 aliphatic heterocycles. The van der Waals surface area contributed by atoms with Crippen LogP contribution in [0.4, 0.5) is 0 Å². The van der Waals surface area contributed by atoms with E-state index in [4.69, 9.17) is 0 Å². The Morgan fingerprint density at radius 1 is 1.22 bits per heavy atom. The maximum absolute atomic E-state index is 12.4. The molecule has 0 unspecified atom stereocenters. The molecular weight excluding hydrogens is 286 g/mol. The Bertz CT molecular complexity index is 614. The second-order valence-electron chi connectivity index (χ2n) is 8.70. The Balaban J connectivity index is 1.24. The normalized spacial score (nSPS) is 32.1. The summed E-state index contributed by atoms with van der Waals surface area (Å²) in [6.07, 6.45) is 5.02. The number of aryl methyl sites for hydroxylation is 1. The van der Waals surface area contributed by atoms with E-state index in [0.717, 1.165) is 19.0 Å². The van der Waals surface area contributed by atoms with E-state index < -0.39 is 5.60 Å². The number of hydrogen-bond acceptors (Lipinski definition) is 2. The van der Waals surface area contributed by atoms with E-state index in [1.807, 2.05) is 11.8 Å². The van der Waals surface area contributed by atoms with Gasteiger partial charge < -0.3 is 10.0 Å². The lowest BCUT2D eigenvalue weighted by Crippen LogP contribution is -2.66. The third-order valence-corrected chi connectivity index (χ3v) is 6.30. The molecule has 1 aromatic rings. The summed E-state index contributed by atoms with van der Waals surface area (Å²) < 4.78 is 0. The van der Waals surface area contributed by atoms with Gasteiger partial charge in [-0.25, -0.2) is 0 Å². The quantitative estimate of drug-likeness (QED) is 0.932. The summed E-state index contributed by atoms with van der Waals surface area (Å²) in [6, 6.07) is 8.68. The van der Waals surface area contributed by atoms with Crippen molar-refractivity contribution in [2.45, 2.75) is 51.6 Å². The van der Waals surface area contributed by atoms with Crippen molar-refractivity contribution in [3.8, 4) is 0 Å². The molecule has 1 saturated heterocycles. The standard InChI is InChI=1S/C20H27NO2/c1-14-5-3-4-6-16(14)7-15-8-20(9-15)12-21(13-20)18(22)17-10-19(2,23)11-17/h3-6,15,17,23H,7-13H2,1-2H3. The van der Waals surface area contributed by atoms with Gasteiger partial charge in [0, 0.05) is 24.4 Å². The van der Waals surface area contributed by atoms with Crippen LogP contribution in [0.5, 0.6) is 0 Å². The Morgan fingerprint density at radius 2 is 1.87 bits per heavy atom. The Morgan fingerprint density at radius 3 is 2.48 bits per heavy atom. The molecule has 0 aromatic heterocycles. The van der Waals surface area contributed by atoms with Crippen LogP contribution >= 0.6 is 0 Å². The first-order chi connectivity index (χ1) is 10.9. The van der Waals surface area contributed by atoms with Crippen molar-refractivity contribution in [3.05, 3.63) is 35.4 Å². The fourth-order valence-corrected chi connectivity index (χ4v) is 5.07. The van der Waals surface area contributed by atoms with Gasteiger partial charge >= 0.3 is 0 Å². The second-order valence-corrected chi connectivity index (χ2v) is 8.70. The Labute approximate surface area is 138 Å². The van der Waals surface area contributed by atoms with Crippen LogP contribution in [0.1, 0.15) is 43.7 Å². The van der Waals surface area contributed by atoms with E-state index in [-0.39, 0.29) is 11.8 Å². The number of carbonyl (C=O) groups is 1. The van der Waals surface area contributed by atoms with Gasteiger partial charge in [-0.2, -0.15) is 0 Å². The zero-order valence-corrected chi connectivity index (χ0v) is 14.2. The highest BCUT2D eigenvalue weighted by Crippen LogP contribution is 2.54. The lowest BCUT2D eigenvalue weighted by molar-refractivity contribution is -0.171. The number of amides is 1. The largest absolute Gasteiger partial charge is 0.390 e. The van der Waals surface area contributed by atoms with Crippen molar-refractivity contribution >= 4 is 5.91 Å². The van der Waals surface area contributed by atoms with E-state index in [9.17, 15) is 9.90 Å². The van der Waals surface area contributed by atoms with E-state index in [1.54, 1.807) is 0 Å². The zero-order chi connectivity index (χ0) is 16.2. The average molecular weight is 313 g/mol.